The number of phosphoric ester groups is 1. The zero-order valence-electron chi connectivity index (χ0n) is 25.1. The Morgan fingerprint density at radius 2 is 1.49 bits per heavy atom. The van der Waals surface area contributed by atoms with Crippen LogP contribution in [0.1, 0.15) is 112 Å². The van der Waals surface area contributed by atoms with E-state index in [2.05, 4.69) is 20.8 Å². The van der Waals surface area contributed by atoms with Gasteiger partial charge in [0.25, 0.3) is 0 Å². The summed E-state index contributed by atoms with van der Waals surface area (Å²) in [5.74, 6) is 0. The van der Waals surface area contributed by atoms with Gasteiger partial charge >= 0.3 is 7.82 Å². The van der Waals surface area contributed by atoms with Gasteiger partial charge in [-0.3, -0.25) is 13.6 Å². The van der Waals surface area contributed by atoms with E-state index in [9.17, 15) is 4.57 Å². The van der Waals surface area contributed by atoms with E-state index in [-0.39, 0.29) is 12.7 Å². The third kappa shape index (κ3) is 10.9. The highest BCUT2D eigenvalue weighted by atomic mass is 31.2. The Labute approximate surface area is 236 Å². The molecule has 1 aliphatic carbocycles. The van der Waals surface area contributed by atoms with Crippen LogP contribution in [0, 0.1) is 0 Å². The molecule has 0 N–H and O–H groups in total. The van der Waals surface area contributed by atoms with E-state index in [0.717, 1.165) is 64.2 Å². The highest BCUT2D eigenvalue weighted by Gasteiger charge is 2.54. The van der Waals surface area contributed by atoms with Gasteiger partial charge in [-0.2, -0.15) is 0 Å². The second kappa shape index (κ2) is 17.1. The molecule has 6 unspecified atom stereocenters. The second-order valence-electron chi connectivity index (χ2n) is 11.7. The molecule has 3 rings (SSSR count). The minimum absolute atomic E-state index is 0.0379. The number of phosphoric acid groups is 1. The SMILES string of the molecule is CCCCOCC1OC(OC2CCCCC2)C(OP2(=O)OCCC(C)(C)O2)C(OCCCC)C1OCCCC. The van der Waals surface area contributed by atoms with Crippen LogP contribution < -0.4 is 0 Å². The highest BCUT2D eigenvalue weighted by molar-refractivity contribution is 7.48. The summed E-state index contributed by atoms with van der Waals surface area (Å²) in [6.45, 7) is 12.6. The largest absolute Gasteiger partial charge is 0.475 e. The first-order valence-electron chi connectivity index (χ1n) is 15.6. The molecule has 0 aromatic heterocycles. The molecular weight excluding hydrogens is 523 g/mol. The molecule has 0 spiro atoms. The third-order valence-corrected chi connectivity index (χ3v) is 9.29. The summed E-state index contributed by atoms with van der Waals surface area (Å²) in [6, 6.07) is 0. The average molecular weight is 579 g/mol. The summed E-state index contributed by atoms with van der Waals surface area (Å²) in [4.78, 5) is 0. The van der Waals surface area contributed by atoms with Crippen molar-refractivity contribution < 1.29 is 41.8 Å². The number of rotatable bonds is 17. The monoisotopic (exact) mass is 578 g/mol. The van der Waals surface area contributed by atoms with Gasteiger partial charge in [0.1, 0.15) is 24.4 Å². The topological polar surface area (TPSA) is 90.9 Å². The average Bonchev–Trinajstić information content (AvgIpc) is 2.89. The lowest BCUT2D eigenvalue weighted by molar-refractivity contribution is -0.323. The molecule has 3 aliphatic rings. The van der Waals surface area contributed by atoms with Gasteiger partial charge < -0.3 is 23.7 Å². The standard InChI is InChI=1S/C29H55O9P/c1-6-9-18-31-22-24-25(32-19-10-7-2)26(33-20-11-8-3)27(28(36-24)35-23-15-13-12-14-16-23)37-39(30)34-21-17-29(4,5)38-39/h23-28H,6-22H2,1-5H3. The zero-order chi connectivity index (χ0) is 28.1. The lowest BCUT2D eigenvalue weighted by atomic mass is 9.96. The van der Waals surface area contributed by atoms with Crippen LogP contribution in [0.5, 0.6) is 0 Å². The number of hydrogen-bond acceptors (Lipinski definition) is 9. The highest BCUT2D eigenvalue weighted by Crippen LogP contribution is 2.58. The van der Waals surface area contributed by atoms with Crippen LogP contribution in [-0.4, -0.2) is 75.4 Å². The summed E-state index contributed by atoms with van der Waals surface area (Å²) >= 11 is 0. The summed E-state index contributed by atoms with van der Waals surface area (Å²) < 4.78 is 63.8. The van der Waals surface area contributed by atoms with Crippen molar-refractivity contribution in [2.75, 3.05) is 33.0 Å². The van der Waals surface area contributed by atoms with Gasteiger partial charge in [0.05, 0.1) is 24.9 Å². The molecular formula is C29H55O9P. The Balaban J connectivity index is 1.90. The van der Waals surface area contributed by atoms with Gasteiger partial charge in [0, 0.05) is 26.2 Å². The van der Waals surface area contributed by atoms with E-state index in [4.69, 9.17) is 37.3 Å². The summed E-state index contributed by atoms with van der Waals surface area (Å²) in [6.07, 6.45) is 8.71. The van der Waals surface area contributed by atoms with E-state index in [1.54, 1.807) is 0 Å². The molecule has 1 saturated carbocycles. The molecule has 0 amide bonds. The molecule has 2 heterocycles. The molecule has 0 aromatic carbocycles. The molecule has 6 atom stereocenters. The van der Waals surface area contributed by atoms with Gasteiger partial charge in [0.15, 0.2) is 6.29 Å². The fraction of sp³-hybridized carbons (Fsp3) is 1.00. The van der Waals surface area contributed by atoms with Gasteiger partial charge in [-0.25, -0.2) is 4.57 Å². The molecule has 2 saturated heterocycles. The predicted octanol–water partition coefficient (Wildman–Crippen LogP) is 6.96. The van der Waals surface area contributed by atoms with Crippen molar-refractivity contribution in [2.24, 2.45) is 0 Å². The predicted molar refractivity (Wildman–Crippen MR) is 150 cm³/mol. The first-order chi connectivity index (χ1) is 18.8. The van der Waals surface area contributed by atoms with Crippen molar-refractivity contribution in [1.82, 2.24) is 0 Å². The van der Waals surface area contributed by atoms with Crippen molar-refractivity contribution in [2.45, 2.75) is 154 Å². The molecule has 0 bridgehead atoms. The Bertz CT molecular complexity index is 715. The molecule has 230 valence electrons. The number of ether oxygens (including phenoxy) is 5. The molecule has 9 nitrogen and oxygen atoms in total. The Hall–Kier alpha value is -0.0900. The fourth-order valence-corrected chi connectivity index (χ4v) is 6.85. The van der Waals surface area contributed by atoms with Crippen molar-refractivity contribution in [1.29, 1.82) is 0 Å². The van der Waals surface area contributed by atoms with Crippen molar-refractivity contribution in [3.05, 3.63) is 0 Å². The van der Waals surface area contributed by atoms with Crippen molar-refractivity contribution in [3.63, 3.8) is 0 Å². The van der Waals surface area contributed by atoms with Gasteiger partial charge in [-0.05, 0) is 46.0 Å². The van der Waals surface area contributed by atoms with Crippen LogP contribution in [-0.2, 0) is 41.8 Å². The van der Waals surface area contributed by atoms with Crippen LogP contribution in [0.25, 0.3) is 0 Å². The van der Waals surface area contributed by atoms with Crippen molar-refractivity contribution in [3.8, 4) is 0 Å². The smallest absolute Gasteiger partial charge is 0.379 e. The quantitative estimate of drug-likeness (QED) is 0.134. The normalized spacial score (nSPS) is 33.8. The van der Waals surface area contributed by atoms with E-state index in [1.807, 2.05) is 13.8 Å². The van der Waals surface area contributed by atoms with Crippen molar-refractivity contribution >= 4 is 7.82 Å². The molecule has 3 fully saturated rings. The van der Waals surface area contributed by atoms with Crippen LogP contribution in [0.3, 0.4) is 0 Å². The zero-order valence-corrected chi connectivity index (χ0v) is 26.0. The summed E-state index contributed by atoms with van der Waals surface area (Å²) in [5, 5.41) is 0. The number of unbranched alkanes of at least 4 members (excludes halogenated alkanes) is 3. The Kier molecular flexibility index (Phi) is 14.7. The van der Waals surface area contributed by atoms with Gasteiger partial charge in [-0.1, -0.05) is 59.3 Å². The minimum Gasteiger partial charge on any atom is -0.379 e. The summed E-state index contributed by atoms with van der Waals surface area (Å²) in [5.41, 5.74) is -0.631. The maximum atomic E-state index is 13.8. The van der Waals surface area contributed by atoms with E-state index >= 15 is 0 Å². The van der Waals surface area contributed by atoms with E-state index in [1.165, 1.54) is 6.42 Å². The number of hydrogen-bond donors (Lipinski definition) is 0. The molecule has 10 heteroatoms. The lowest BCUT2D eigenvalue weighted by Crippen LogP contribution is -2.62. The first kappa shape index (κ1) is 33.4. The second-order valence-corrected chi connectivity index (χ2v) is 13.2. The maximum Gasteiger partial charge on any atom is 0.475 e. The van der Waals surface area contributed by atoms with Crippen LogP contribution in [0.15, 0.2) is 0 Å². The van der Waals surface area contributed by atoms with Crippen LogP contribution in [0.4, 0.5) is 0 Å². The lowest BCUT2D eigenvalue weighted by Gasteiger charge is -2.47. The van der Waals surface area contributed by atoms with Crippen LogP contribution >= 0.6 is 7.82 Å². The third-order valence-electron chi connectivity index (χ3n) is 7.57. The van der Waals surface area contributed by atoms with E-state index < -0.39 is 44.1 Å². The Morgan fingerprint density at radius 1 is 0.846 bits per heavy atom. The first-order valence-corrected chi connectivity index (χ1v) is 17.0. The molecule has 0 radical (unpaired) electrons. The van der Waals surface area contributed by atoms with Crippen LogP contribution in [0.2, 0.25) is 0 Å². The fourth-order valence-electron chi connectivity index (χ4n) is 5.17. The minimum atomic E-state index is -3.91. The molecule has 0 aromatic rings. The molecule has 2 aliphatic heterocycles. The maximum absolute atomic E-state index is 13.8. The van der Waals surface area contributed by atoms with Gasteiger partial charge in [-0.15, -0.1) is 0 Å². The summed E-state index contributed by atoms with van der Waals surface area (Å²) in [7, 11) is -3.91. The Morgan fingerprint density at radius 3 is 2.13 bits per heavy atom. The van der Waals surface area contributed by atoms with E-state index in [0.29, 0.717) is 32.8 Å². The molecule has 39 heavy (non-hydrogen) atoms. The van der Waals surface area contributed by atoms with Gasteiger partial charge in [0.2, 0.25) is 0 Å².